The predicted octanol–water partition coefficient (Wildman–Crippen LogP) is 4.17. The number of esters is 1. The number of rotatable bonds is 6. The molecule has 0 atom stereocenters. The average molecular weight is 419 g/mol. The molecule has 0 spiro atoms. The number of hydrogen-bond donors (Lipinski definition) is 0. The Morgan fingerprint density at radius 2 is 1.86 bits per heavy atom. The van der Waals surface area contributed by atoms with Gasteiger partial charge in [-0.2, -0.15) is 0 Å². The molecule has 3 rings (SSSR count). The van der Waals surface area contributed by atoms with Gasteiger partial charge < -0.3 is 4.74 Å². The van der Waals surface area contributed by atoms with Crippen LogP contribution in [-0.2, 0) is 21.3 Å². The zero-order valence-corrected chi connectivity index (χ0v) is 17.8. The maximum Gasteiger partial charge on any atom is 0.337 e. The number of thiazole rings is 1. The smallest absolute Gasteiger partial charge is 0.337 e. The summed E-state index contributed by atoms with van der Waals surface area (Å²) in [4.78, 5) is 16.2. The highest BCUT2D eigenvalue weighted by Crippen LogP contribution is 2.31. The van der Waals surface area contributed by atoms with Crippen LogP contribution in [0.4, 0.5) is 5.69 Å². The van der Waals surface area contributed by atoms with Crippen LogP contribution < -0.4 is 4.31 Å². The van der Waals surface area contributed by atoms with E-state index in [4.69, 9.17) is 4.74 Å². The van der Waals surface area contributed by atoms with E-state index in [9.17, 15) is 13.2 Å². The van der Waals surface area contributed by atoms with Crippen molar-refractivity contribution in [1.82, 2.24) is 4.98 Å². The normalized spacial score (nSPS) is 11.8. The van der Waals surface area contributed by atoms with Crippen LogP contribution in [0.5, 0.6) is 0 Å². The first-order valence-electron chi connectivity index (χ1n) is 8.74. The fourth-order valence-corrected chi connectivity index (χ4v) is 4.65. The molecule has 0 fully saturated rings. The van der Waals surface area contributed by atoms with Crippen molar-refractivity contribution in [3.63, 3.8) is 0 Å². The van der Waals surface area contributed by atoms with E-state index in [1.54, 1.807) is 41.7 Å². The summed E-state index contributed by atoms with van der Waals surface area (Å²) in [7, 11) is -2.18. The number of anilines is 1. The minimum Gasteiger partial charge on any atom is -0.465 e. The third-order valence-corrected chi connectivity index (χ3v) is 6.73. The minimum absolute atomic E-state index is 0.168. The van der Waals surface area contributed by atoms with E-state index in [0.29, 0.717) is 17.2 Å². The van der Waals surface area contributed by atoms with E-state index in [1.807, 2.05) is 12.1 Å². The molecule has 0 aliphatic carbocycles. The van der Waals surface area contributed by atoms with Crippen molar-refractivity contribution in [2.24, 2.45) is 0 Å². The lowest BCUT2D eigenvalue weighted by Crippen LogP contribution is -2.29. The second-order valence-corrected chi connectivity index (χ2v) is 9.79. The van der Waals surface area contributed by atoms with Crippen LogP contribution in [0.25, 0.3) is 10.2 Å². The van der Waals surface area contributed by atoms with Crippen molar-refractivity contribution in [2.75, 3.05) is 17.7 Å². The van der Waals surface area contributed by atoms with E-state index >= 15 is 0 Å². The molecule has 0 bridgehead atoms. The van der Waals surface area contributed by atoms with Crippen LogP contribution in [0.15, 0.2) is 42.5 Å². The van der Waals surface area contributed by atoms with Gasteiger partial charge in [-0.25, -0.2) is 18.2 Å². The zero-order chi connectivity index (χ0) is 20.5. The van der Waals surface area contributed by atoms with Gasteiger partial charge >= 0.3 is 5.97 Å². The number of hydrogen-bond acceptors (Lipinski definition) is 6. The van der Waals surface area contributed by atoms with Gasteiger partial charge in [0.2, 0.25) is 10.0 Å². The van der Waals surface area contributed by atoms with Crippen molar-refractivity contribution in [3.8, 4) is 0 Å². The standard InChI is InChI=1S/C20H22N2O4S2/c1-13(2)19-21-17-10-9-16(11-18(17)27-19)22(28(4,24)25)12-14-5-7-15(8-6-14)20(23)26-3/h5-11,13H,12H2,1-4H3. The first kappa shape index (κ1) is 20.3. The summed E-state index contributed by atoms with van der Waals surface area (Å²) in [6.45, 7) is 4.33. The van der Waals surface area contributed by atoms with Crippen LogP contribution in [0.3, 0.4) is 0 Å². The third kappa shape index (κ3) is 4.34. The van der Waals surface area contributed by atoms with Gasteiger partial charge in [0.05, 0.1) is 46.4 Å². The first-order chi connectivity index (χ1) is 13.2. The zero-order valence-electron chi connectivity index (χ0n) is 16.2. The molecule has 1 heterocycles. The largest absolute Gasteiger partial charge is 0.465 e. The number of carbonyl (C=O) groups excluding carboxylic acids is 1. The topological polar surface area (TPSA) is 76.6 Å². The van der Waals surface area contributed by atoms with Crippen LogP contribution >= 0.6 is 11.3 Å². The number of aromatic nitrogens is 1. The average Bonchev–Trinajstić information content (AvgIpc) is 3.08. The molecule has 0 unspecified atom stereocenters. The number of fused-ring (bicyclic) bond motifs is 1. The quantitative estimate of drug-likeness (QED) is 0.562. The Morgan fingerprint density at radius 3 is 2.43 bits per heavy atom. The van der Waals surface area contributed by atoms with Gasteiger partial charge in [-0.1, -0.05) is 26.0 Å². The van der Waals surface area contributed by atoms with Crippen LogP contribution in [0, 0.1) is 0 Å². The Kier molecular flexibility index (Phi) is 5.71. The molecular weight excluding hydrogens is 396 g/mol. The maximum atomic E-state index is 12.4. The summed E-state index contributed by atoms with van der Waals surface area (Å²) in [5.41, 5.74) is 2.65. The highest BCUT2D eigenvalue weighted by molar-refractivity contribution is 7.92. The Labute approximate surface area is 168 Å². The van der Waals surface area contributed by atoms with Crippen molar-refractivity contribution < 1.29 is 17.9 Å². The van der Waals surface area contributed by atoms with Gasteiger partial charge in [0.1, 0.15) is 0 Å². The maximum absolute atomic E-state index is 12.4. The molecule has 28 heavy (non-hydrogen) atoms. The Hall–Kier alpha value is -2.45. The van der Waals surface area contributed by atoms with E-state index in [0.717, 1.165) is 20.8 Å². The third-order valence-electron chi connectivity index (χ3n) is 4.27. The summed E-state index contributed by atoms with van der Waals surface area (Å²) in [5, 5.41) is 1.02. The van der Waals surface area contributed by atoms with Crippen molar-refractivity contribution in [2.45, 2.75) is 26.3 Å². The molecule has 0 N–H and O–H groups in total. The molecular formula is C20H22N2O4S2. The molecule has 0 saturated carbocycles. The molecule has 0 amide bonds. The van der Waals surface area contributed by atoms with Gasteiger partial charge in [0.15, 0.2) is 0 Å². The lowest BCUT2D eigenvalue weighted by atomic mass is 10.1. The second kappa shape index (κ2) is 7.89. The SMILES string of the molecule is COC(=O)c1ccc(CN(c2ccc3nc(C(C)C)sc3c2)S(C)(=O)=O)cc1. The molecule has 6 nitrogen and oxygen atoms in total. The molecule has 0 saturated heterocycles. The summed E-state index contributed by atoms with van der Waals surface area (Å²) in [5.74, 6) is -0.108. The fourth-order valence-electron chi connectivity index (χ4n) is 2.76. The summed E-state index contributed by atoms with van der Waals surface area (Å²) < 4.78 is 31.9. The molecule has 0 radical (unpaired) electrons. The molecule has 3 aromatic rings. The predicted molar refractivity (Wildman–Crippen MR) is 113 cm³/mol. The van der Waals surface area contributed by atoms with Crippen LogP contribution in [0.2, 0.25) is 0 Å². The van der Waals surface area contributed by atoms with E-state index < -0.39 is 16.0 Å². The van der Waals surface area contributed by atoms with Crippen molar-refractivity contribution in [3.05, 3.63) is 58.6 Å². The van der Waals surface area contributed by atoms with E-state index in [-0.39, 0.29) is 6.54 Å². The number of ether oxygens (including phenoxy) is 1. The molecule has 2 aromatic carbocycles. The molecule has 148 valence electrons. The van der Waals surface area contributed by atoms with Gasteiger partial charge in [-0.15, -0.1) is 11.3 Å². The molecule has 8 heteroatoms. The number of carbonyl (C=O) groups is 1. The summed E-state index contributed by atoms with van der Waals surface area (Å²) >= 11 is 1.58. The van der Waals surface area contributed by atoms with Gasteiger partial charge in [-0.05, 0) is 35.9 Å². The van der Waals surface area contributed by atoms with Crippen LogP contribution in [0.1, 0.15) is 40.7 Å². The van der Waals surface area contributed by atoms with Gasteiger partial charge in [-0.3, -0.25) is 4.31 Å². The van der Waals surface area contributed by atoms with Gasteiger partial charge in [0, 0.05) is 5.92 Å². The second-order valence-electron chi connectivity index (χ2n) is 6.82. The van der Waals surface area contributed by atoms with E-state index in [1.165, 1.54) is 17.7 Å². The Bertz CT molecular complexity index is 1100. The number of methoxy groups -OCH3 is 1. The van der Waals surface area contributed by atoms with Crippen LogP contribution in [-0.4, -0.2) is 32.7 Å². The minimum atomic E-state index is -3.50. The summed E-state index contributed by atoms with van der Waals surface area (Å²) in [6, 6.07) is 12.2. The highest BCUT2D eigenvalue weighted by atomic mass is 32.2. The number of sulfonamides is 1. The number of nitrogens with zero attached hydrogens (tertiary/aromatic N) is 2. The molecule has 1 aromatic heterocycles. The number of benzene rings is 2. The first-order valence-corrected chi connectivity index (χ1v) is 11.4. The summed E-state index contributed by atoms with van der Waals surface area (Å²) in [6.07, 6.45) is 1.19. The van der Waals surface area contributed by atoms with E-state index in [2.05, 4.69) is 18.8 Å². The lowest BCUT2D eigenvalue weighted by Gasteiger charge is -2.22. The van der Waals surface area contributed by atoms with Crippen molar-refractivity contribution in [1.29, 1.82) is 0 Å². The highest BCUT2D eigenvalue weighted by Gasteiger charge is 2.19. The van der Waals surface area contributed by atoms with Gasteiger partial charge in [0.25, 0.3) is 0 Å². The Morgan fingerprint density at radius 1 is 1.18 bits per heavy atom. The molecule has 0 aliphatic heterocycles. The van der Waals surface area contributed by atoms with Crippen molar-refractivity contribution >= 4 is 43.2 Å². The molecule has 0 aliphatic rings. The monoisotopic (exact) mass is 418 g/mol. The Balaban J connectivity index is 1.94. The lowest BCUT2D eigenvalue weighted by molar-refractivity contribution is 0.0600. The fraction of sp³-hybridized carbons (Fsp3) is 0.300.